The largest absolute Gasteiger partial charge is 0.480 e. The molecule has 3 aromatic carbocycles. The van der Waals surface area contributed by atoms with E-state index < -0.39 is 41.2 Å². The van der Waals surface area contributed by atoms with E-state index in [2.05, 4.69) is 10.3 Å². The summed E-state index contributed by atoms with van der Waals surface area (Å²) >= 11 is 19.3. The first-order valence-corrected chi connectivity index (χ1v) is 14.1. The minimum absolute atomic E-state index is 0.000893. The van der Waals surface area contributed by atoms with E-state index in [-0.39, 0.29) is 28.0 Å². The Bertz CT molecular complexity index is 1720. The number of imide groups is 1. The molecule has 2 amide bonds. The maximum atomic E-state index is 14.0. The van der Waals surface area contributed by atoms with Gasteiger partial charge in [0.2, 0.25) is 11.8 Å². The van der Waals surface area contributed by atoms with Gasteiger partial charge in [0.1, 0.15) is 5.54 Å². The average molecular weight is 609 g/mol. The molecule has 0 saturated carbocycles. The Morgan fingerprint density at radius 2 is 1.73 bits per heavy atom. The molecule has 0 radical (unpaired) electrons. The Morgan fingerprint density at radius 3 is 2.49 bits per heavy atom. The summed E-state index contributed by atoms with van der Waals surface area (Å²) in [5.74, 6) is -4.53. The Balaban J connectivity index is 1.45. The van der Waals surface area contributed by atoms with Gasteiger partial charge in [0.05, 0.1) is 21.9 Å². The number of carboxylic acid groups (broad SMARTS) is 1. The fourth-order valence-corrected chi connectivity index (χ4v) is 6.92. The molecule has 3 N–H and O–H groups in total. The Kier molecular flexibility index (Phi) is 7.16. The molecule has 10 heteroatoms. The molecule has 2 saturated heterocycles. The first kappa shape index (κ1) is 27.5. The zero-order valence-corrected chi connectivity index (χ0v) is 23.8. The van der Waals surface area contributed by atoms with Crippen molar-refractivity contribution in [2.45, 2.75) is 18.0 Å². The summed E-state index contributed by atoms with van der Waals surface area (Å²) in [6.07, 6.45) is 5.22. The summed E-state index contributed by atoms with van der Waals surface area (Å²) in [5, 5.41) is 15.4. The first-order chi connectivity index (χ1) is 19.7. The van der Waals surface area contributed by atoms with Gasteiger partial charge < -0.3 is 10.1 Å². The van der Waals surface area contributed by atoms with Crippen LogP contribution >= 0.6 is 34.8 Å². The molecular weight excluding hydrogens is 585 g/mol. The van der Waals surface area contributed by atoms with E-state index in [1.165, 1.54) is 6.07 Å². The molecule has 41 heavy (non-hydrogen) atoms. The quantitative estimate of drug-likeness (QED) is 0.172. The van der Waals surface area contributed by atoms with E-state index in [0.717, 1.165) is 21.4 Å². The second kappa shape index (κ2) is 10.7. The number of rotatable bonds is 7. The second-order valence-corrected chi connectivity index (χ2v) is 11.6. The van der Waals surface area contributed by atoms with Crippen LogP contribution in [0, 0.1) is 11.8 Å². The lowest BCUT2D eigenvalue weighted by Gasteiger charge is -2.31. The first-order valence-electron chi connectivity index (χ1n) is 13.0. The van der Waals surface area contributed by atoms with Crippen LogP contribution in [0.1, 0.15) is 22.7 Å². The number of nitrogens with zero attached hydrogens (tertiary/aromatic N) is 1. The monoisotopic (exact) mass is 607 g/mol. The number of hydrogen-bond acceptors (Lipinski definition) is 4. The predicted molar refractivity (Wildman–Crippen MR) is 159 cm³/mol. The van der Waals surface area contributed by atoms with Crippen LogP contribution < -0.4 is 5.32 Å². The van der Waals surface area contributed by atoms with Crippen molar-refractivity contribution >= 4 is 69.6 Å². The second-order valence-electron chi connectivity index (χ2n) is 10.3. The van der Waals surface area contributed by atoms with E-state index >= 15 is 0 Å². The number of amides is 2. The number of aromatic amines is 1. The van der Waals surface area contributed by atoms with Crippen molar-refractivity contribution in [2.75, 3.05) is 6.54 Å². The standard InChI is InChI=1S/C31H24Cl3N3O4/c32-19-13-21(26(34)22(33)14-19)27-24-25(29(39)37(28(24)38)12-6-9-17-7-2-1-3-8-17)31(36-27,30(40)41)15-18-16-35-23-11-5-4-10-20(18)23/h1-11,13-14,16,24-25,27,35-36H,12,15H2,(H,40,41)/b9-6-. The summed E-state index contributed by atoms with van der Waals surface area (Å²) in [6.45, 7) is -0.000893. The lowest BCUT2D eigenvalue weighted by molar-refractivity contribution is -0.151. The SMILES string of the molecule is O=C1C2C(c3cc(Cl)cc(Cl)c3Cl)NC(Cc3c[nH]c4ccccc34)(C(=O)O)C2C(=O)N1C/C=C\c1ccccc1. The van der Waals surface area contributed by atoms with Crippen molar-refractivity contribution in [2.24, 2.45) is 11.8 Å². The van der Waals surface area contributed by atoms with E-state index in [1.807, 2.05) is 60.7 Å². The number of nitrogens with one attached hydrogen (secondary N) is 2. The Hall–Kier alpha value is -3.62. The molecule has 0 bridgehead atoms. The maximum Gasteiger partial charge on any atom is 0.325 e. The number of carbonyl (C=O) groups excluding carboxylic acids is 2. The molecule has 4 unspecified atom stereocenters. The van der Waals surface area contributed by atoms with Crippen LogP contribution in [0.2, 0.25) is 15.1 Å². The predicted octanol–water partition coefficient (Wildman–Crippen LogP) is 6.15. The number of halogens is 3. The van der Waals surface area contributed by atoms with Crippen molar-refractivity contribution in [3.05, 3.63) is 111 Å². The molecule has 2 aliphatic heterocycles. The minimum Gasteiger partial charge on any atom is -0.480 e. The van der Waals surface area contributed by atoms with Crippen molar-refractivity contribution < 1.29 is 19.5 Å². The summed E-state index contributed by atoms with van der Waals surface area (Å²) in [6, 6.07) is 19.1. The number of H-pyrrole nitrogens is 1. The number of aromatic nitrogens is 1. The number of carbonyl (C=O) groups is 3. The number of para-hydroxylation sites is 1. The molecular formula is C31H24Cl3N3O4. The van der Waals surface area contributed by atoms with Gasteiger partial charge in [0.25, 0.3) is 0 Å². The zero-order valence-electron chi connectivity index (χ0n) is 21.5. The normalized spacial score (nSPS) is 24.1. The molecule has 1 aromatic heterocycles. The van der Waals surface area contributed by atoms with Crippen LogP contribution in [0.4, 0.5) is 0 Å². The highest BCUT2D eigenvalue weighted by atomic mass is 35.5. The van der Waals surface area contributed by atoms with Gasteiger partial charge in [0, 0.05) is 41.1 Å². The van der Waals surface area contributed by atoms with Gasteiger partial charge in [-0.1, -0.05) is 95.5 Å². The van der Waals surface area contributed by atoms with Gasteiger partial charge >= 0.3 is 5.97 Å². The summed E-state index contributed by atoms with van der Waals surface area (Å²) in [7, 11) is 0. The zero-order chi connectivity index (χ0) is 28.9. The third-order valence-corrected chi connectivity index (χ3v) is 9.06. The highest BCUT2D eigenvalue weighted by Crippen LogP contribution is 2.52. The van der Waals surface area contributed by atoms with Crippen LogP contribution in [-0.2, 0) is 20.8 Å². The molecule has 4 aromatic rings. The fourth-order valence-electron chi connectivity index (χ4n) is 6.18. The average Bonchev–Trinajstić information content (AvgIpc) is 3.60. The highest BCUT2D eigenvalue weighted by molar-refractivity contribution is 6.43. The molecule has 2 fully saturated rings. The van der Waals surface area contributed by atoms with Crippen molar-refractivity contribution in [1.29, 1.82) is 0 Å². The fraction of sp³-hybridized carbons (Fsp3) is 0.194. The third-order valence-electron chi connectivity index (χ3n) is 8.03. The van der Waals surface area contributed by atoms with Crippen LogP contribution in [0.3, 0.4) is 0 Å². The van der Waals surface area contributed by atoms with Crippen molar-refractivity contribution in [3.8, 4) is 0 Å². The van der Waals surface area contributed by atoms with Crippen LogP contribution in [0.5, 0.6) is 0 Å². The molecule has 7 nitrogen and oxygen atoms in total. The van der Waals surface area contributed by atoms with Crippen molar-refractivity contribution in [3.63, 3.8) is 0 Å². The highest BCUT2D eigenvalue weighted by Gasteiger charge is 2.68. The van der Waals surface area contributed by atoms with Gasteiger partial charge in [-0.05, 0) is 34.9 Å². The lowest BCUT2D eigenvalue weighted by Crippen LogP contribution is -2.57. The number of hydrogen-bond donors (Lipinski definition) is 3. The van der Waals surface area contributed by atoms with Gasteiger partial charge in [0.15, 0.2) is 0 Å². The van der Waals surface area contributed by atoms with E-state index in [4.69, 9.17) is 34.8 Å². The van der Waals surface area contributed by atoms with Crippen LogP contribution in [0.15, 0.2) is 79.0 Å². The molecule has 4 atom stereocenters. The number of fused-ring (bicyclic) bond motifs is 2. The summed E-state index contributed by atoms with van der Waals surface area (Å²) in [4.78, 5) is 45.5. The van der Waals surface area contributed by atoms with Crippen LogP contribution in [0.25, 0.3) is 17.0 Å². The number of aliphatic carboxylic acids is 1. The Labute approximate surface area is 250 Å². The topological polar surface area (TPSA) is 102 Å². The van der Waals surface area contributed by atoms with Gasteiger partial charge in [-0.15, -0.1) is 0 Å². The van der Waals surface area contributed by atoms with Gasteiger partial charge in [-0.3, -0.25) is 24.6 Å². The van der Waals surface area contributed by atoms with Gasteiger partial charge in [-0.2, -0.15) is 0 Å². The number of likely N-dealkylation sites (tertiary alicyclic amines) is 1. The lowest BCUT2D eigenvalue weighted by atomic mass is 9.76. The minimum atomic E-state index is -1.82. The Morgan fingerprint density at radius 1 is 1.00 bits per heavy atom. The van der Waals surface area contributed by atoms with E-state index in [1.54, 1.807) is 18.3 Å². The number of benzene rings is 3. The molecule has 0 spiro atoms. The van der Waals surface area contributed by atoms with Crippen molar-refractivity contribution in [1.82, 2.24) is 15.2 Å². The summed E-state index contributed by atoms with van der Waals surface area (Å²) in [5.41, 5.74) is 0.992. The molecule has 2 aliphatic rings. The van der Waals surface area contributed by atoms with Gasteiger partial charge in [-0.25, -0.2) is 0 Å². The molecule has 208 valence electrons. The summed E-state index contributed by atoms with van der Waals surface area (Å²) < 4.78 is 0. The van der Waals surface area contributed by atoms with E-state index in [0.29, 0.717) is 11.1 Å². The molecule has 6 rings (SSSR count). The number of carboxylic acids is 1. The van der Waals surface area contributed by atoms with E-state index in [9.17, 15) is 19.5 Å². The maximum absolute atomic E-state index is 14.0. The molecule has 0 aliphatic carbocycles. The smallest absolute Gasteiger partial charge is 0.325 e. The third kappa shape index (κ3) is 4.63. The molecule has 3 heterocycles. The van der Waals surface area contributed by atoms with Crippen LogP contribution in [-0.4, -0.2) is 44.9 Å².